The molecule has 102 valence electrons. The third kappa shape index (κ3) is 2.47. The Hall–Kier alpha value is -1.13. The van der Waals surface area contributed by atoms with E-state index in [1.165, 1.54) is 18.2 Å². The Morgan fingerprint density at radius 2 is 2.26 bits per heavy atom. The summed E-state index contributed by atoms with van der Waals surface area (Å²) >= 11 is 5.84. The van der Waals surface area contributed by atoms with Gasteiger partial charge in [0.05, 0.1) is 5.56 Å². The molecule has 3 rings (SSSR count). The van der Waals surface area contributed by atoms with Gasteiger partial charge in [-0.05, 0) is 43.5 Å². The molecule has 1 N–H and O–H groups in total. The highest BCUT2D eigenvalue weighted by Gasteiger charge is 2.37. The first-order valence-corrected chi connectivity index (χ1v) is 7.00. The number of hydrogen-bond acceptors (Lipinski definition) is 2. The molecule has 2 unspecified atom stereocenters. The summed E-state index contributed by atoms with van der Waals surface area (Å²) in [5.74, 6) is -0.256. The lowest BCUT2D eigenvalue weighted by Gasteiger charge is -2.24. The molecule has 0 bridgehead atoms. The molecular weight excluding hydrogens is 267 g/mol. The highest BCUT2D eigenvalue weighted by atomic mass is 35.5. The lowest BCUT2D eigenvalue weighted by Crippen LogP contribution is -2.41. The summed E-state index contributed by atoms with van der Waals surface area (Å²) in [5, 5.41) is 3.82. The summed E-state index contributed by atoms with van der Waals surface area (Å²) < 4.78 is 13.7. The largest absolute Gasteiger partial charge is 0.337 e. The van der Waals surface area contributed by atoms with Crippen molar-refractivity contribution in [1.82, 2.24) is 10.2 Å². The number of rotatable bonds is 1. The molecule has 1 aromatic rings. The van der Waals surface area contributed by atoms with Gasteiger partial charge in [-0.1, -0.05) is 11.6 Å². The SMILES string of the molecule is O=C(c1cc(Cl)ccc1F)N1CC2CCCNC2C1. The third-order valence-corrected chi connectivity index (χ3v) is 4.28. The average Bonchev–Trinajstić information content (AvgIpc) is 2.84. The monoisotopic (exact) mass is 282 g/mol. The van der Waals surface area contributed by atoms with Crippen LogP contribution in [0, 0.1) is 11.7 Å². The van der Waals surface area contributed by atoms with Crippen LogP contribution in [0.3, 0.4) is 0 Å². The minimum Gasteiger partial charge on any atom is -0.337 e. The summed E-state index contributed by atoms with van der Waals surface area (Å²) in [4.78, 5) is 14.1. The number of benzene rings is 1. The van der Waals surface area contributed by atoms with Gasteiger partial charge in [0.25, 0.3) is 5.91 Å². The maximum atomic E-state index is 13.7. The van der Waals surface area contributed by atoms with Crippen LogP contribution in [0.2, 0.25) is 5.02 Å². The van der Waals surface area contributed by atoms with E-state index in [0.29, 0.717) is 30.1 Å². The average molecular weight is 283 g/mol. The van der Waals surface area contributed by atoms with Crippen LogP contribution in [-0.2, 0) is 0 Å². The number of nitrogens with zero attached hydrogens (tertiary/aromatic N) is 1. The first kappa shape index (κ1) is 12.9. The number of amides is 1. The molecule has 3 nitrogen and oxygen atoms in total. The van der Waals surface area contributed by atoms with Crippen LogP contribution < -0.4 is 5.32 Å². The molecule has 2 atom stereocenters. The Balaban J connectivity index is 1.79. The van der Waals surface area contributed by atoms with E-state index in [4.69, 9.17) is 11.6 Å². The van der Waals surface area contributed by atoms with Crippen LogP contribution in [-0.4, -0.2) is 36.5 Å². The third-order valence-electron chi connectivity index (χ3n) is 4.05. The van der Waals surface area contributed by atoms with Crippen LogP contribution in [0.4, 0.5) is 4.39 Å². The van der Waals surface area contributed by atoms with E-state index in [2.05, 4.69) is 5.32 Å². The summed E-state index contributed by atoms with van der Waals surface area (Å²) in [7, 11) is 0. The number of carbonyl (C=O) groups excluding carboxylic acids is 1. The maximum Gasteiger partial charge on any atom is 0.256 e. The van der Waals surface area contributed by atoms with Crippen LogP contribution in [0.5, 0.6) is 0 Å². The summed E-state index contributed by atoms with van der Waals surface area (Å²) in [6, 6.07) is 4.48. The van der Waals surface area contributed by atoms with Crippen molar-refractivity contribution in [3.8, 4) is 0 Å². The fraction of sp³-hybridized carbons (Fsp3) is 0.500. The number of halogens is 2. The second-order valence-corrected chi connectivity index (χ2v) is 5.73. The van der Waals surface area contributed by atoms with Crippen molar-refractivity contribution >= 4 is 17.5 Å². The number of fused-ring (bicyclic) bond motifs is 1. The zero-order valence-electron chi connectivity index (χ0n) is 10.5. The number of likely N-dealkylation sites (tertiary alicyclic amines) is 1. The lowest BCUT2D eigenvalue weighted by molar-refractivity contribution is 0.0781. The fourth-order valence-electron chi connectivity index (χ4n) is 3.04. The van der Waals surface area contributed by atoms with Gasteiger partial charge >= 0.3 is 0 Å². The Kier molecular flexibility index (Phi) is 3.46. The van der Waals surface area contributed by atoms with Crippen molar-refractivity contribution in [3.05, 3.63) is 34.6 Å². The first-order valence-electron chi connectivity index (χ1n) is 6.63. The zero-order valence-corrected chi connectivity index (χ0v) is 11.3. The molecule has 1 aromatic carbocycles. The molecular formula is C14H16ClFN2O. The molecule has 2 fully saturated rings. The quantitative estimate of drug-likeness (QED) is 0.857. The number of nitrogens with one attached hydrogen (secondary N) is 1. The zero-order chi connectivity index (χ0) is 13.4. The molecule has 2 heterocycles. The second-order valence-electron chi connectivity index (χ2n) is 5.30. The van der Waals surface area contributed by atoms with Crippen molar-refractivity contribution in [3.63, 3.8) is 0 Å². The summed E-state index contributed by atoms with van der Waals surface area (Å²) in [6.07, 6.45) is 2.29. The van der Waals surface area contributed by atoms with Crippen molar-refractivity contribution in [2.75, 3.05) is 19.6 Å². The number of carbonyl (C=O) groups is 1. The van der Waals surface area contributed by atoms with Gasteiger partial charge in [-0.15, -0.1) is 0 Å². The maximum absolute atomic E-state index is 13.7. The normalized spacial score (nSPS) is 26.3. The minimum absolute atomic E-state index is 0.0751. The Bertz CT molecular complexity index is 494. The molecule has 0 aliphatic carbocycles. The van der Waals surface area contributed by atoms with Gasteiger partial charge in [-0.2, -0.15) is 0 Å². The lowest BCUT2D eigenvalue weighted by atomic mass is 9.94. The Morgan fingerprint density at radius 1 is 1.42 bits per heavy atom. The fourth-order valence-corrected chi connectivity index (χ4v) is 3.22. The molecule has 2 aliphatic heterocycles. The van der Waals surface area contributed by atoms with E-state index in [9.17, 15) is 9.18 Å². The molecule has 0 spiro atoms. The van der Waals surface area contributed by atoms with Gasteiger partial charge < -0.3 is 10.2 Å². The van der Waals surface area contributed by atoms with Gasteiger partial charge in [-0.25, -0.2) is 4.39 Å². The minimum atomic E-state index is -0.503. The second kappa shape index (κ2) is 5.10. The van der Waals surface area contributed by atoms with Crippen molar-refractivity contribution in [2.24, 2.45) is 5.92 Å². The van der Waals surface area contributed by atoms with E-state index < -0.39 is 5.82 Å². The van der Waals surface area contributed by atoms with Crippen molar-refractivity contribution in [1.29, 1.82) is 0 Å². The summed E-state index contributed by atoms with van der Waals surface area (Å²) in [5.41, 5.74) is 0.0751. The van der Waals surface area contributed by atoms with Crippen LogP contribution in [0.15, 0.2) is 18.2 Å². The molecule has 1 amide bonds. The molecule has 0 radical (unpaired) electrons. The first-order chi connectivity index (χ1) is 9.15. The Morgan fingerprint density at radius 3 is 3.05 bits per heavy atom. The molecule has 5 heteroatoms. The molecule has 2 aliphatic rings. The van der Waals surface area contributed by atoms with Crippen molar-refractivity contribution < 1.29 is 9.18 Å². The van der Waals surface area contributed by atoms with Gasteiger partial charge in [0.1, 0.15) is 5.82 Å². The number of piperidine rings is 1. The van der Waals surface area contributed by atoms with E-state index in [-0.39, 0.29) is 11.5 Å². The van der Waals surface area contributed by atoms with Crippen LogP contribution in [0.1, 0.15) is 23.2 Å². The predicted octanol–water partition coefficient (Wildman–Crippen LogP) is 2.30. The van der Waals surface area contributed by atoms with Gasteiger partial charge in [0, 0.05) is 24.2 Å². The van der Waals surface area contributed by atoms with Gasteiger partial charge in [-0.3, -0.25) is 4.79 Å². The van der Waals surface area contributed by atoms with Gasteiger partial charge in [0.15, 0.2) is 0 Å². The highest BCUT2D eigenvalue weighted by Crippen LogP contribution is 2.27. The number of hydrogen-bond donors (Lipinski definition) is 1. The predicted molar refractivity (Wildman–Crippen MR) is 71.8 cm³/mol. The highest BCUT2D eigenvalue weighted by molar-refractivity contribution is 6.31. The van der Waals surface area contributed by atoms with E-state index in [0.717, 1.165) is 19.4 Å². The standard InChI is InChI=1S/C14H16ClFN2O/c15-10-3-4-12(16)11(6-10)14(19)18-7-9-2-1-5-17-13(9)8-18/h3-4,6,9,13,17H,1-2,5,7-8H2. The topological polar surface area (TPSA) is 32.3 Å². The molecule has 0 aromatic heterocycles. The smallest absolute Gasteiger partial charge is 0.256 e. The van der Waals surface area contributed by atoms with E-state index in [1.807, 2.05) is 0 Å². The van der Waals surface area contributed by atoms with Gasteiger partial charge in [0.2, 0.25) is 0 Å². The van der Waals surface area contributed by atoms with Crippen LogP contribution in [0.25, 0.3) is 0 Å². The molecule has 0 saturated carbocycles. The Labute approximate surface area is 116 Å². The van der Waals surface area contributed by atoms with Crippen molar-refractivity contribution in [2.45, 2.75) is 18.9 Å². The van der Waals surface area contributed by atoms with E-state index in [1.54, 1.807) is 4.90 Å². The molecule has 2 saturated heterocycles. The van der Waals surface area contributed by atoms with Crippen LogP contribution >= 0.6 is 11.6 Å². The molecule has 19 heavy (non-hydrogen) atoms. The summed E-state index contributed by atoms with van der Waals surface area (Å²) in [6.45, 7) is 2.38. The van der Waals surface area contributed by atoms with E-state index >= 15 is 0 Å².